The number of rotatable bonds is 9. The van der Waals surface area contributed by atoms with Gasteiger partial charge in [0.25, 0.3) is 0 Å². The lowest BCUT2D eigenvalue weighted by atomic mass is 10.1. The lowest BCUT2D eigenvalue weighted by Gasteiger charge is -2.18. The molecule has 0 radical (unpaired) electrons. The average Bonchev–Trinajstić information content (AvgIpc) is 3.25. The summed E-state index contributed by atoms with van der Waals surface area (Å²) in [6.07, 6.45) is 0.834. The molecule has 0 aliphatic rings. The Kier molecular flexibility index (Phi) is 8.02. The highest BCUT2D eigenvalue weighted by Crippen LogP contribution is 2.15. The van der Waals surface area contributed by atoms with Crippen molar-refractivity contribution in [3.05, 3.63) is 34.5 Å². The molecule has 2 heterocycles. The van der Waals surface area contributed by atoms with Crippen LogP contribution in [0.5, 0.6) is 0 Å². The minimum absolute atomic E-state index is 0.155. The number of nitrogens with one attached hydrogen (secondary N) is 3. The molecule has 0 spiro atoms. The van der Waals surface area contributed by atoms with E-state index in [1.807, 2.05) is 25.6 Å². The van der Waals surface area contributed by atoms with E-state index in [9.17, 15) is 8.42 Å². The van der Waals surface area contributed by atoms with Crippen LogP contribution in [0.15, 0.2) is 26.7 Å². The fraction of sp³-hybridized carbons (Fsp3) is 0.556. The maximum atomic E-state index is 12.1. The van der Waals surface area contributed by atoms with E-state index >= 15 is 0 Å². The Balaban J connectivity index is 1.91. The van der Waals surface area contributed by atoms with Gasteiger partial charge < -0.3 is 10.6 Å². The summed E-state index contributed by atoms with van der Waals surface area (Å²) in [5, 5.41) is 12.8. The molecule has 0 bridgehead atoms. The maximum Gasteiger partial charge on any atom is 0.250 e. The molecule has 2 aromatic heterocycles. The van der Waals surface area contributed by atoms with Gasteiger partial charge in [0.15, 0.2) is 5.96 Å². The number of aliphatic imine (C=N–C) groups is 1. The first-order chi connectivity index (χ1) is 13.2. The molecule has 0 aliphatic heterocycles. The fourth-order valence-electron chi connectivity index (χ4n) is 2.86. The molecular formula is C18H30N6O2S2. The van der Waals surface area contributed by atoms with Crippen LogP contribution in [0.4, 0.5) is 0 Å². The van der Waals surface area contributed by atoms with E-state index in [0.717, 1.165) is 24.4 Å². The predicted molar refractivity (Wildman–Crippen MR) is 114 cm³/mol. The third-order valence-corrected chi connectivity index (χ3v) is 7.19. The number of hydrogen-bond donors (Lipinski definition) is 3. The molecule has 28 heavy (non-hydrogen) atoms. The van der Waals surface area contributed by atoms with E-state index in [-0.39, 0.29) is 12.6 Å². The van der Waals surface area contributed by atoms with Gasteiger partial charge in [-0.3, -0.25) is 9.67 Å². The minimum atomic E-state index is -3.45. The smallest absolute Gasteiger partial charge is 0.250 e. The second-order valence-corrected chi connectivity index (χ2v) is 9.55. The molecule has 0 amide bonds. The third-order valence-electron chi connectivity index (χ3n) is 4.33. The summed E-state index contributed by atoms with van der Waals surface area (Å²) in [7, 11) is -1.50. The van der Waals surface area contributed by atoms with E-state index in [2.05, 4.69) is 39.3 Å². The Morgan fingerprint density at radius 2 is 2.14 bits per heavy atom. The van der Waals surface area contributed by atoms with Crippen LogP contribution in [0, 0.1) is 13.8 Å². The standard InChI is InChI=1S/C18H30N6O2S2/c1-6-19-18(20-9-10-21-28(25,26)17-8-7-11-27-17)22-13(2)12-16-14(3)23-24(5)15(16)4/h7-8,11,13,21H,6,9-10,12H2,1-5H3,(H2,19,20,22). The lowest BCUT2D eigenvalue weighted by Crippen LogP contribution is -2.43. The Morgan fingerprint density at radius 3 is 2.71 bits per heavy atom. The molecule has 2 rings (SSSR count). The van der Waals surface area contributed by atoms with Gasteiger partial charge in [-0.25, -0.2) is 13.1 Å². The molecule has 1 unspecified atom stereocenters. The molecule has 0 saturated heterocycles. The van der Waals surface area contributed by atoms with Crippen molar-refractivity contribution in [1.29, 1.82) is 0 Å². The fourth-order valence-corrected chi connectivity index (χ4v) is 4.92. The normalized spacial score (nSPS) is 13.5. The summed E-state index contributed by atoms with van der Waals surface area (Å²) >= 11 is 1.20. The lowest BCUT2D eigenvalue weighted by molar-refractivity contribution is 0.584. The Hall–Kier alpha value is -1.91. The van der Waals surface area contributed by atoms with Crippen molar-refractivity contribution in [3.63, 3.8) is 0 Å². The highest BCUT2D eigenvalue weighted by Gasteiger charge is 2.15. The first kappa shape index (κ1) is 22.4. The van der Waals surface area contributed by atoms with Crippen molar-refractivity contribution in [1.82, 2.24) is 25.1 Å². The van der Waals surface area contributed by atoms with E-state index in [1.165, 1.54) is 16.9 Å². The SMILES string of the molecule is CCNC(=NCCNS(=O)(=O)c1cccs1)NC(C)Cc1c(C)nn(C)c1C. The van der Waals surface area contributed by atoms with Crippen molar-refractivity contribution < 1.29 is 8.42 Å². The average molecular weight is 427 g/mol. The zero-order chi connectivity index (χ0) is 20.7. The van der Waals surface area contributed by atoms with Gasteiger partial charge in [-0.1, -0.05) is 6.07 Å². The van der Waals surface area contributed by atoms with Crippen LogP contribution in [0.3, 0.4) is 0 Å². The number of aromatic nitrogens is 2. The maximum absolute atomic E-state index is 12.1. The zero-order valence-electron chi connectivity index (χ0n) is 17.1. The molecule has 10 heteroatoms. The van der Waals surface area contributed by atoms with E-state index in [0.29, 0.717) is 16.7 Å². The number of nitrogens with zero attached hydrogens (tertiary/aromatic N) is 3. The molecule has 3 N–H and O–H groups in total. The Morgan fingerprint density at radius 1 is 1.39 bits per heavy atom. The number of aryl methyl sites for hydroxylation is 2. The highest BCUT2D eigenvalue weighted by molar-refractivity contribution is 7.91. The topological polar surface area (TPSA) is 100 Å². The van der Waals surface area contributed by atoms with Crippen LogP contribution in [0.1, 0.15) is 30.8 Å². The van der Waals surface area contributed by atoms with Crippen molar-refractivity contribution >= 4 is 27.3 Å². The zero-order valence-corrected chi connectivity index (χ0v) is 18.7. The van der Waals surface area contributed by atoms with Crippen LogP contribution >= 0.6 is 11.3 Å². The second-order valence-electron chi connectivity index (χ2n) is 6.61. The van der Waals surface area contributed by atoms with Crippen LogP contribution in [0.2, 0.25) is 0 Å². The molecule has 1 atom stereocenters. The summed E-state index contributed by atoms with van der Waals surface area (Å²) in [5.41, 5.74) is 3.44. The summed E-state index contributed by atoms with van der Waals surface area (Å²) in [5.74, 6) is 0.671. The first-order valence-corrected chi connectivity index (χ1v) is 11.7. The second kappa shape index (κ2) is 10.0. The van der Waals surface area contributed by atoms with Gasteiger partial charge in [-0.2, -0.15) is 5.10 Å². The molecule has 0 aromatic carbocycles. The quantitative estimate of drug-likeness (QED) is 0.321. The minimum Gasteiger partial charge on any atom is -0.357 e. The molecule has 0 fully saturated rings. The summed E-state index contributed by atoms with van der Waals surface area (Å²) < 4.78 is 29.0. The number of guanidine groups is 1. The molecule has 0 aliphatic carbocycles. The summed E-state index contributed by atoms with van der Waals surface area (Å²) in [6, 6.07) is 3.46. The monoisotopic (exact) mass is 426 g/mol. The van der Waals surface area contributed by atoms with E-state index in [4.69, 9.17) is 0 Å². The van der Waals surface area contributed by atoms with Gasteiger partial charge >= 0.3 is 0 Å². The predicted octanol–water partition coefficient (Wildman–Crippen LogP) is 1.56. The Labute approximate surface area is 171 Å². The van der Waals surface area contributed by atoms with Crippen LogP contribution in [0.25, 0.3) is 0 Å². The molecular weight excluding hydrogens is 396 g/mol. The third kappa shape index (κ3) is 6.05. The van der Waals surface area contributed by atoms with Crippen molar-refractivity contribution in [3.8, 4) is 0 Å². The van der Waals surface area contributed by atoms with Gasteiger partial charge in [0.2, 0.25) is 10.0 Å². The van der Waals surface area contributed by atoms with Gasteiger partial charge in [0, 0.05) is 31.9 Å². The van der Waals surface area contributed by atoms with Crippen molar-refractivity contribution in [2.75, 3.05) is 19.6 Å². The van der Waals surface area contributed by atoms with Gasteiger partial charge in [0.1, 0.15) is 4.21 Å². The number of sulfonamides is 1. The first-order valence-electron chi connectivity index (χ1n) is 9.31. The number of thiophene rings is 1. The molecule has 156 valence electrons. The molecule has 8 nitrogen and oxygen atoms in total. The molecule has 0 saturated carbocycles. The van der Waals surface area contributed by atoms with Crippen LogP contribution in [-0.2, 0) is 23.5 Å². The van der Waals surface area contributed by atoms with Gasteiger partial charge in [0.05, 0.1) is 12.2 Å². The highest BCUT2D eigenvalue weighted by atomic mass is 32.2. The van der Waals surface area contributed by atoms with Gasteiger partial charge in [-0.15, -0.1) is 11.3 Å². The van der Waals surface area contributed by atoms with E-state index in [1.54, 1.807) is 17.5 Å². The van der Waals surface area contributed by atoms with Crippen molar-refractivity contribution in [2.24, 2.45) is 12.0 Å². The molecule has 2 aromatic rings. The van der Waals surface area contributed by atoms with Crippen LogP contribution in [-0.4, -0.2) is 49.8 Å². The number of hydrogen-bond acceptors (Lipinski definition) is 5. The van der Waals surface area contributed by atoms with Crippen molar-refractivity contribution in [2.45, 2.75) is 44.4 Å². The Bertz CT molecular complexity index is 888. The van der Waals surface area contributed by atoms with E-state index < -0.39 is 10.0 Å². The van der Waals surface area contributed by atoms with Gasteiger partial charge in [-0.05, 0) is 51.1 Å². The van der Waals surface area contributed by atoms with Crippen LogP contribution < -0.4 is 15.4 Å². The summed E-state index contributed by atoms with van der Waals surface area (Å²) in [6.45, 7) is 9.50. The summed E-state index contributed by atoms with van der Waals surface area (Å²) in [4.78, 5) is 4.48. The largest absolute Gasteiger partial charge is 0.357 e.